The topological polar surface area (TPSA) is 36.4 Å². The van der Waals surface area contributed by atoms with Gasteiger partial charge in [0.05, 0.1) is 25.0 Å². The minimum absolute atomic E-state index is 0.0313. The van der Waals surface area contributed by atoms with E-state index in [1.165, 1.54) is 12.8 Å². The van der Waals surface area contributed by atoms with E-state index in [-0.39, 0.29) is 6.61 Å². The van der Waals surface area contributed by atoms with Crippen LogP contribution in [0, 0.1) is 18.3 Å². The highest BCUT2D eigenvalue weighted by atomic mass is 16.3. The molecule has 0 saturated heterocycles. The zero-order valence-corrected chi connectivity index (χ0v) is 9.26. The van der Waals surface area contributed by atoms with Gasteiger partial charge >= 0.3 is 0 Å². The molecule has 1 saturated carbocycles. The molecule has 1 aliphatic rings. The van der Waals surface area contributed by atoms with Gasteiger partial charge < -0.3 is 10.0 Å². The highest BCUT2D eigenvalue weighted by Gasteiger charge is 2.25. The molecular weight excluding hydrogens is 200 g/mol. The van der Waals surface area contributed by atoms with Crippen molar-refractivity contribution in [1.29, 1.82) is 0 Å². The third-order valence-electron chi connectivity index (χ3n) is 2.86. The number of aliphatic hydroxyl groups is 1. The summed E-state index contributed by atoms with van der Waals surface area (Å²) in [4.78, 5) is 6.24. The van der Waals surface area contributed by atoms with Crippen molar-refractivity contribution < 1.29 is 5.11 Å². The minimum atomic E-state index is 0.0313. The Balaban J connectivity index is 2.18. The minimum Gasteiger partial charge on any atom is -0.392 e. The molecule has 0 atom stereocenters. The number of anilines is 1. The van der Waals surface area contributed by atoms with Crippen LogP contribution < -0.4 is 4.90 Å². The van der Waals surface area contributed by atoms with Crippen LogP contribution in [0.5, 0.6) is 0 Å². The summed E-state index contributed by atoms with van der Waals surface area (Å²) in [5, 5.41) is 9.28. The summed E-state index contributed by atoms with van der Waals surface area (Å²) in [5.41, 5.74) is 1.86. The fourth-order valence-corrected chi connectivity index (χ4v) is 1.80. The summed E-state index contributed by atoms with van der Waals surface area (Å²) in [6, 6.07) is 1.84. The molecule has 1 aromatic rings. The zero-order valence-electron chi connectivity index (χ0n) is 9.26. The quantitative estimate of drug-likeness (QED) is 0.756. The van der Waals surface area contributed by atoms with Gasteiger partial charge in [-0.25, -0.2) is 0 Å². The van der Waals surface area contributed by atoms with Crippen LogP contribution in [0.4, 0.5) is 5.69 Å². The zero-order chi connectivity index (χ0) is 11.4. The Hall–Kier alpha value is -1.53. The summed E-state index contributed by atoms with van der Waals surface area (Å²) in [6.07, 6.45) is 11.4. The van der Waals surface area contributed by atoms with Crippen molar-refractivity contribution in [1.82, 2.24) is 4.98 Å². The van der Waals surface area contributed by atoms with Crippen molar-refractivity contribution in [3.05, 3.63) is 24.0 Å². The van der Waals surface area contributed by atoms with Crippen LogP contribution >= 0.6 is 0 Å². The van der Waals surface area contributed by atoms with E-state index in [1.807, 2.05) is 6.07 Å². The molecule has 0 unspecified atom stereocenters. The van der Waals surface area contributed by atoms with Gasteiger partial charge in [-0.05, 0) is 24.8 Å². The van der Waals surface area contributed by atoms with Crippen molar-refractivity contribution in [3.63, 3.8) is 0 Å². The van der Waals surface area contributed by atoms with Gasteiger partial charge in [0.25, 0.3) is 0 Å². The SMILES string of the molecule is C#CCN(CC1CC1)c1cnccc1CO. The molecule has 1 aromatic heterocycles. The summed E-state index contributed by atoms with van der Waals surface area (Å²) >= 11 is 0. The van der Waals surface area contributed by atoms with E-state index in [0.717, 1.165) is 23.7 Å². The third kappa shape index (κ3) is 2.53. The van der Waals surface area contributed by atoms with Crippen LogP contribution in [-0.4, -0.2) is 23.2 Å². The molecule has 16 heavy (non-hydrogen) atoms. The lowest BCUT2D eigenvalue weighted by Gasteiger charge is -2.24. The molecule has 84 valence electrons. The van der Waals surface area contributed by atoms with Gasteiger partial charge in [-0.1, -0.05) is 5.92 Å². The van der Waals surface area contributed by atoms with Gasteiger partial charge in [0, 0.05) is 18.3 Å². The van der Waals surface area contributed by atoms with Crippen LogP contribution in [0.3, 0.4) is 0 Å². The molecule has 0 spiro atoms. The second-order valence-electron chi connectivity index (χ2n) is 4.19. The first kappa shape index (κ1) is 11.0. The van der Waals surface area contributed by atoms with Gasteiger partial charge in [-0.15, -0.1) is 6.42 Å². The normalized spacial score (nSPS) is 14.5. The lowest BCUT2D eigenvalue weighted by Crippen LogP contribution is -2.27. The Labute approximate surface area is 96.1 Å². The number of aromatic nitrogens is 1. The van der Waals surface area contributed by atoms with E-state index in [0.29, 0.717) is 6.54 Å². The number of nitrogens with zero attached hydrogens (tertiary/aromatic N) is 2. The maximum absolute atomic E-state index is 9.28. The highest BCUT2D eigenvalue weighted by Crippen LogP contribution is 2.32. The lowest BCUT2D eigenvalue weighted by molar-refractivity contribution is 0.282. The van der Waals surface area contributed by atoms with Crippen LogP contribution in [0.2, 0.25) is 0 Å². The monoisotopic (exact) mass is 216 g/mol. The van der Waals surface area contributed by atoms with Crippen molar-refractivity contribution in [2.45, 2.75) is 19.4 Å². The molecule has 0 aliphatic heterocycles. The summed E-state index contributed by atoms with van der Waals surface area (Å²) < 4.78 is 0. The molecule has 0 bridgehead atoms. The number of hydrogen-bond acceptors (Lipinski definition) is 3. The van der Waals surface area contributed by atoms with Gasteiger partial charge in [-0.2, -0.15) is 0 Å². The van der Waals surface area contributed by atoms with E-state index in [9.17, 15) is 5.11 Å². The van der Waals surface area contributed by atoms with Crippen molar-refractivity contribution in [3.8, 4) is 12.3 Å². The summed E-state index contributed by atoms with van der Waals surface area (Å²) in [5.74, 6) is 3.43. The molecular formula is C13H16N2O. The third-order valence-corrected chi connectivity index (χ3v) is 2.86. The summed E-state index contributed by atoms with van der Waals surface area (Å²) in [7, 11) is 0. The smallest absolute Gasteiger partial charge is 0.0792 e. The number of terminal acetylenes is 1. The average molecular weight is 216 g/mol. The molecule has 3 heteroatoms. The Bertz CT molecular complexity index is 393. The first-order valence-electron chi connectivity index (χ1n) is 5.57. The molecule has 1 fully saturated rings. The van der Waals surface area contributed by atoms with Crippen molar-refractivity contribution in [2.75, 3.05) is 18.0 Å². The van der Waals surface area contributed by atoms with Crippen molar-refractivity contribution in [2.24, 2.45) is 5.92 Å². The molecule has 3 nitrogen and oxygen atoms in total. The maximum atomic E-state index is 9.28. The van der Waals surface area contributed by atoms with Gasteiger partial charge in [-0.3, -0.25) is 4.98 Å². The maximum Gasteiger partial charge on any atom is 0.0792 e. The Morgan fingerprint density at radius 1 is 1.56 bits per heavy atom. The van der Waals surface area contributed by atoms with E-state index in [2.05, 4.69) is 15.8 Å². The Morgan fingerprint density at radius 2 is 2.38 bits per heavy atom. The molecule has 1 heterocycles. The first-order chi connectivity index (χ1) is 7.85. The van der Waals surface area contributed by atoms with Crippen LogP contribution in [0.25, 0.3) is 0 Å². The number of rotatable bonds is 5. The van der Waals surface area contributed by atoms with E-state index in [4.69, 9.17) is 6.42 Å². The van der Waals surface area contributed by atoms with Crippen molar-refractivity contribution >= 4 is 5.69 Å². The largest absolute Gasteiger partial charge is 0.392 e. The van der Waals surface area contributed by atoms with Gasteiger partial charge in [0.1, 0.15) is 0 Å². The van der Waals surface area contributed by atoms with Crippen LogP contribution in [-0.2, 0) is 6.61 Å². The van der Waals surface area contributed by atoms with Gasteiger partial charge in [0.15, 0.2) is 0 Å². The Morgan fingerprint density at radius 3 is 3.00 bits per heavy atom. The van der Waals surface area contributed by atoms with E-state index >= 15 is 0 Å². The number of aliphatic hydroxyl groups excluding tert-OH is 1. The van der Waals surface area contributed by atoms with Crippen LogP contribution in [0.15, 0.2) is 18.5 Å². The molecule has 0 radical (unpaired) electrons. The molecule has 1 N–H and O–H groups in total. The standard InChI is InChI=1S/C13H16N2O/c1-2-7-15(9-11-3-4-11)13-8-14-6-5-12(13)10-16/h1,5-6,8,11,16H,3-4,7,9-10H2. The summed E-state index contributed by atoms with van der Waals surface area (Å²) in [6.45, 7) is 1.58. The number of hydrogen-bond donors (Lipinski definition) is 1. The van der Waals surface area contributed by atoms with E-state index < -0.39 is 0 Å². The van der Waals surface area contributed by atoms with Gasteiger partial charge in [0.2, 0.25) is 0 Å². The average Bonchev–Trinajstić information content (AvgIpc) is 3.12. The molecule has 0 aromatic carbocycles. The highest BCUT2D eigenvalue weighted by molar-refractivity contribution is 5.52. The number of pyridine rings is 1. The fraction of sp³-hybridized carbons (Fsp3) is 0.462. The molecule has 0 amide bonds. The Kier molecular flexibility index (Phi) is 3.43. The molecule has 1 aliphatic carbocycles. The first-order valence-corrected chi connectivity index (χ1v) is 5.57. The fourth-order valence-electron chi connectivity index (χ4n) is 1.80. The van der Waals surface area contributed by atoms with E-state index in [1.54, 1.807) is 12.4 Å². The predicted octanol–water partition coefficient (Wildman–Crippen LogP) is 1.42. The lowest BCUT2D eigenvalue weighted by atomic mass is 10.2. The molecule has 2 rings (SSSR count). The second kappa shape index (κ2) is 5.00. The van der Waals surface area contributed by atoms with Crippen LogP contribution in [0.1, 0.15) is 18.4 Å². The second-order valence-corrected chi connectivity index (χ2v) is 4.19. The predicted molar refractivity (Wildman–Crippen MR) is 63.9 cm³/mol.